The van der Waals surface area contributed by atoms with E-state index in [0.717, 1.165) is 0 Å². The first-order valence-electron chi connectivity index (χ1n) is 7.34. The number of hydrogen-bond donors (Lipinski definition) is 1. The summed E-state index contributed by atoms with van der Waals surface area (Å²) in [7, 11) is 0. The average Bonchev–Trinajstić information content (AvgIpc) is 2.83. The summed E-state index contributed by atoms with van der Waals surface area (Å²) in [5.74, 6) is -1.72. The van der Waals surface area contributed by atoms with Crippen molar-refractivity contribution in [2.24, 2.45) is 0 Å². The van der Waals surface area contributed by atoms with Gasteiger partial charge in [0.2, 0.25) is 5.88 Å². The van der Waals surface area contributed by atoms with Gasteiger partial charge in [-0.2, -0.15) is 0 Å². The highest BCUT2D eigenvalue weighted by Crippen LogP contribution is 2.30. The van der Waals surface area contributed by atoms with E-state index in [1.165, 1.54) is 32.0 Å². The molecule has 0 aliphatic carbocycles. The molecule has 0 aliphatic heterocycles. The zero-order valence-electron chi connectivity index (χ0n) is 13.7. The Balaban J connectivity index is 2.45. The van der Waals surface area contributed by atoms with Crippen LogP contribution in [0.25, 0.3) is 0 Å². The van der Waals surface area contributed by atoms with Crippen molar-refractivity contribution in [3.05, 3.63) is 50.7 Å². The second-order valence-corrected chi connectivity index (χ2v) is 5.94. The molecule has 1 N–H and O–H groups in total. The Morgan fingerprint density at radius 2 is 1.88 bits per heavy atom. The maximum absolute atomic E-state index is 12.4. The van der Waals surface area contributed by atoms with Gasteiger partial charge in [-0.1, -0.05) is 23.2 Å². The predicted octanol–water partition coefficient (Wildman–Crippen LogP) is 4.53. The third-order valence-corrected chi connectivity index (χ3v) is 3.87. The Morgan fingerprint density at radius 3 is 2.44 bits per heavy atom. The lowest BCUT2D eigenvalue weighted by Crippen LogP contribution is -2.16. The molecule has 0 bridgehead atoms. The number of halogens is 2. The third kappa shape index (κ3) is 4.03. The monoisotopic (exact) mass is 383 g/mol. The summed E-state index contributed by atoms with van der Waals surface area (Å²) in [6.45, 7) is 4.55. The van der Waals surface area contributed by atoms with Gasteiger partial charge in [-0.25, -0.2) is 4.79 Å². The van der Waals surface area contributed by atoms with Gasteiger partial charge in [-0.15, -0.1) is 0 Å². The summed E-state index contributed by atoms with van der Waals surface area (Å²) in [4.78, 5) is 36.5. The smallest absolute Gasteiger partial charge is 0.344 e. The molecule has 25 heavy (non-hydrogen) atoms. The van der Waals surface area contributed by atoms with Crippen molar-refractivity contribution in [1.29, 1.82) is 0 Å². The number of ether oxygens (including phenoxy) is 1. The average molecular weight is 384 g/mol. The maximum atomic E-state index is 12.4. The summed E-state index contributed by atoms with van der Waals surface area (Å²) in [5, 5.41) is 2.97. The summed E-state index contributed by atoms with van der Waals surface area (Å²) in [6.07, 6.45) is 0. The number of hydrogen-bond acceptors (Lipinski definition) is 5. The number of furan rings is 1. The van der Waals surface area contributed by atoms with Crippen LogP contribution in [0.1, 0.15) is 50.7 Å². The third-order valence-electron chi connectivity index (χ3n) is 3.32. The lowest BCUT2D eigenvalue weighted by Gasteiger charge is -2.07. The molecule has 132 valence electrons. The highest BCUT2D eigenvalue weighted by molar-refractivity contribution is 6.37. The summed E-state index contributed by atoms with van der Waals surface area (Å²) >= 11 is 11.8. The fourth-order valence-electron chi connectivity index (χ4n) is 2.30. The minimum atomic E-state index is -0.762. The molecular formula is C17H15Cl2NO5. The van der Waals surface area contributed by atoms with Crippen LogP contribution >= 0.6 is 23.2 Å². The highest BCUT2D eigenvalue weighted by Gasteiger charge is 2.29. The number of aryl methyl sites for hydroxylation is 1. The molecule has 2 aromatic rings. The number of amides is 1. The molecule has 0 saturated carbocycles. The van der Waals surface area contributed by atoms with Gasteiger partial charge in [0.1, 0.15) is 11.3 Å². The first-order valence-corrected chi connectivity index (χ1v) is 8.09. The molecule has 0 unspecified atom stereocenters. The van der Waals surface area contributed by atoms with Crippen LogP contribution in [0.5, 0.6) is 0 Å². The van der Waals surface area contributed by atoms with Crippen molar-refractivity contribution in [3.8, 4) is 0 Å². The Labute approximate surface area is 154 Å². The van der Waals surface area contributed by atoms with E-state index in [1.54, 1.807) is 6.92 Å². The molecule has 0 atom stereocenters. The van der Waals surface area contributed by atoms with Gasteiger partial charge in [0.25, 0.3) is 5.91 Å². The largest absolute Gasteiger partial charge is 0.462 e. The molecule has 1 aromatic carbocycles. The summed E-state index contributed by atoms with van der Waals surface area (Å²) in [6, 6.07) is 4.35. The Hall–Kier alpha value is -2.31. The van der Waals surface area contributed by atoms with E-state index in [2.05, 4.69) is 5.32 Å². The standard InChI is InChI=1S/C17H15Cl2NO5/c1-4-24-17(23)14-13(8(2)21)9(3)25-16(14)20-15(22)11-6-5-10(18)7-12(11)19/h5-7H,4H2,1-3H3,(H,20,22). The lowest BCUT2D eigenvalue weighted by molar-refractivity contribution is 0.0524. The fraction of sp³-hybridized carbons (Fsp3) is 0.235. The van der Waals surface area contributed by atoms with Gasteiger partial charge < -0.3 is 9.15 Å². The van der Waals surface area contributed by atoms with Gasteiger partial charge >= 0.3 is 5.97 Å². The topological polar surface area (TPSA) is 85.6 Å². The number of rotatable bonds is 5. The van der Waals surface area contributed by atoms with E-state index < -0.39 is 11.9 Å². The molecular weight excluding hydrogens is 369 g/mol. The quantitative estimate of drug-likeness (QED) is 0.605. The number of anilines is 1. The molecule has 6 nitrogen and oxygen atoms in total. The Bertz CT molecular complexity index is 857. The number of nitrogens with one attached hydrogen (secondary N) is 1. The molecule has 0 aliphatic rings. The van der Waals surface area contributed by atoms with E-state index in [1.807, 2.05) is 0 Å². The first-order chi connectivity index (χ1) is 11.8. The normalized spacial score (nSPS) is 10.4. The first kappa shape index (κ1) is 19.0. The molecule has 2 rings (SSSR count). The zero-order valence-corrected chi connectivity index (χ0v) is 15.2. The molecule has 1 amide bonds. The minimum absolute atomic E-state index is 0.0657. The molecule has 0 fully saturated rings. The number of ketones is 1. The van der Waals surface area contributed by atoms with E-state index in [0.29, 0.717) is 5.02 Å². The lowest BCUT2D eigenvalue weighted by atomic mass is 10.1. The van der Waals surface area contributed by atoms with Crippen LogP contribution < -0.4 is 5.32 Å². The number of Topliss-reactive ketones (excluding diaryl/α,β-unsaturated/α-hetero) is 1. The van der Waals surface area contributed by atoms with E-state index in [-0.39, 0.29) is 45.7 Å². The maximum Gasteiger partial charge on any atom is 0.344 e. The SMILES string of the molecule is CCOC(=O)c1c(NC(=O)c2ccc(Cl)cc2Cl)oc(C)c1C(C)=O. The van der Waals surface area contributed by atoms with Gasteiger partial charge in [0, 0.05) is 5.02 Å². The van der Waals surface area contributed by atoms with Crippen molar-refractivity contribution < 1.29 is 23.5 Å². The second kappa shape index (κ2) is 7.72. The Morgan fingerprint density at radius 1 is 1.20 bits per heavy atom. The number of benzene rings is 1. The van der Waals surface area contributed by atoms with Gasteiger partial charge in [0.15, 0.2) is 5.78 Å². The molecule has 1 heterocycles. The molecule has 1 aromatic heterocycles. The van der Waals surface area contributed by atoms with Crippen molar-refractivity contribution in [3.63, 3.8) is 0 Å². The zero-order chi connectivity index (χ0) is 18.7. The Kier molecular flexibility index (Phi) is 5.87. The van der Waals surface area contributed by atoms with Crippen LogP contribution in [0.4, 0.5) is 5.88 Å². The van der Waals surface area contributed by atoms with Gasteiger partial charge in [-0.3, -0.25) is 14.9 Å². The van der Waals surface area contributed by atoms with E-state index >= 15 is 0 Å². The van der Waals surface area contributed by atoms with Gasteiger partial charge in [-0.05, 0) is 39.0 Å². The van der Waals surface area contributed by atoms with Crippen LogP contribution in [-0.2, 0) is 4.74 Å². The number of esters is 1. The molecule has 8 heteroatoms. The van der Waals surface area contributed by atoms with Crippen molar-refractivity contribution in [1.82, 2.24) is 0 Å². The summed E-state index contributed by atoms with van der Waals surface area (Å²) in [5.41, 5.74) is 0.0838. The van der Waals surface area contributed by atoms with Crippen molar-refractivity contribution in [2.45, 2.75) is 20.8 Å². The summed E-state index contributed by atoms with van der Waals surface area (Å²) < 4.78 is 10.4. The highest BCUT2D eigenvalue weighted by atomic mass is 35.5. The second-order valence-electron chi connectivity index (χ2n) is 5.09. The minimum Gasteiger partial charge on any atom is -0.462 e. The molecule has 0 saturated heterocycles. The van der Waals surface area contributed by atoms with E-state index in [9.17, 15) is 14.4 Å². The van der Waals surface area contributed by atoms with Crippen molar-refractivity contribution in [2.75, 3.05) is 11.9 Å². The number of carbonyl (C=O) groups excluding carboxylic acids is 3. The number of carbonyl (C=O) groups is 3. The van der Waals surface area contributed by atoms with Crippen LogP contribution in [0.3, 0.4) is 0 Å². The molecule has 0 spiro atoms. The predicted molar refractivity (Wildman–Crippen MR) is 93.8 cm³/mol. The van der Waals surface area contributed by atoms with Crippen LogP contribution in [0.15, 0.2) is 22.6 Å². The van der Waals surface area contributed by atoms with Crippen LogP contribution in [-0.4, -0.2) is 24.3 Å². The van der Waals surface area contributed by atoms with Gasteiger partial charge in [0.05, 0.1) is 22.8 Å². The van der Waals surface area contributed by atoms with Crippen LogP contribution in [0.2, 0.25) is 10.0 Å². The van der Waals surface area contributed by atoms with Crippen LogP contribution in [0, 0.1) is 6.92 Å². The fourth-order valence-corrected chi connectivity index (χ4v) is 2.79. The molecule has 0 radical (unpaired) electrons. The van der Waals surface area contributed by atoms with Crippen molar-refractivity contribution >= 4 is 46.7 Å². The van der Waals surface area contributed by atoms with E-state index in [4.69, 9.17) is 32.4 Å².